The van der Waals surface area contributed by atoms with Crippen molar-refractivity contribution in [1.82, 2.24) is 20.4 Å². The number of halogens is 2. The third-order valence-corrected chi connectivity index (χ3v) is 3.39. The van der Waals surface area contributed by atoms with E-state index in [1.54, 1.807) is 29.1 Å². The molecule has 1 aromatic carbocycles. The highest BCUT2D eigenvalue weighted by atomic mass is 127. The van der Waals surface area contributed by atoms with E-state index in [0.717, 1.165) is 5.69 Å². The van der Waals surface area contributed by atoms with Crippen molar-refractivity contribution < 1.29 is 9.50 Å². The summed E-state index contributed by atoms with van der Waals surface area (Å²) in [5, 5.41) is 20.3. The third kappa shape index (κ3) is 5.75. The Hall–Kier alpha value is -1.68. The summed E-state index contributed by atoms with van der Waals surface area (Å²) in [5.41, 5.74) is 1.24. The van der Waals surface area contributed by atoms with Crippen LogP contribution in [0.4, 0.5) is 4.39 Å². The van der Waals surface area contributed by atoms with E-state index in [0.29, 0.717) is 19.0 Å². The Balaban J connectivity index is 0.00000288. The largest absolute Gasteiger partial charge is 0.386 e. The minimum absolute atomic E-state index is 0. The molecular formula is C16H23FIN5O. The van der Waals surface area contributed by atoms with Crippen molar-refractivity contribution in [3.63, 3.8) is 0 Å². The van der Waals surface area contributed by atoms with E-state index >= 15 is 0 Å². The predicted octanol–water partition coefficient (Wildman–Crippen LogP) is 1.97. The van der Waals surface area contributed by atoms with Crippen molar-refractivity contribution in [3.8, 4) is 0 Å². The number of aliphatic imine (C=N–C) groups is 1. The number of aliphatic hydroxyl groups is 1. The lowest BCUT2D eigenvalue weighted by Gasteiger charge is -2.16. The molecule has 8 heteroatoms. The maximum absolute atomic E-state index is 13.6. The number of guanidine groups is 1. The molecule has 0 bridgehead atoms. The second-order valence-corrected chi connectivity index (χ2v) is 5.06. The van der Waals surface area contributed by atoms with Gasteiger partial charge < -0.3 is 15.7 Å². The van der Waals surface area contributed by atoms with Gasteiger partial charge in [-0.3, -0.25) is 4.68 Å². The molecule has 1 unspecified atom stereocenters. The predicted molar refractivity (Wildman–Crippen MR) is 103 cm³/mol. The highest BCUT2D eigenvalue weighted by Gasteiger charge is 2.12. The van der Waals surface area contributed by atoms with Crippen LogP contribution in [0.15, 0.2) is 41.5 Å². The zero-order chi connectivity index (χ0) is 16.7. The molecule has 24 heavy (non-hydrogen) atoms. The van der Waals surface area contributed by atoms with Crippen LogP contribution in [0.2, 0.25) is 0 Å². The molecule has 0 spiro atoms. The van der Waals surface area contributed by atoms with E-state index in [9.17, 15) is 9.50 Å². The van der Waals surface area contributed by atoms with Crippen LogP contribution in [0.1, 0.15) is 24.3 Å². The molecule has 1 heterocycles. The lowest BCUT2D eigenvalue weighted by atomic mass is 10.1. The summed E-state index contributed by atoms with van der Waals surface area (Å²) in [6.07, 6.45) is 0.768. The summed E-state index contributed by atoms with van der Waals surface area (Å²) in [6.45, 7) is 3.27. The Bertz CT molecular complexity index is 661. The highest BCUT2D eigenvalue weighted by Crippen LogP contribution is 2.15. The zero-order valence-electron chi connectivity index (χ0n) is 13.7. The van der Waals surface area contributed by atoms with Gasteiger partial charge in [-0.2, -0.15) is 5.10 Å². The summed E-state index contributed by atoms with van der Waals surface area (Å²) < 4.78 is 15.4. The van der Waals surface area contributed by atoms with Crippen LogP contribution < -0.4 is 10.6 Å². The van der Waals surface area contributed by atoms with E-state index in [-0.39, 0.29) is 36.1 Å². The van der Waals surface area contributed by atoms with Gasteiger partial charge in [-0.1, -0.05) is 18.2 Å². The van der Waals surface area contributed by atoms with Crippen LogP contribution in [-0.4, -0.2) is 33.9 Å². The first-order chi connectivity index (χ1) is 11.1. The van der Waals surface area contributed by atoms with Crippen LogP contribution >= 0.6 is 24.0 Å². The van der Waals surface area contributed by atoms with Crippen LogP contribution in [0.25, 0.3) is 0 Å². The Morgan fingerprint density at radius 2 is 2.08 bits per heavy atom. The summed E-state index contributed by atoms with van der Waals surface area (Å²) in [7, 11) is 1.85. The average Bonchev–Trinajstić information content (AvgIpc) is 2.95. The topological polar surface area (TPSA) is 74.5 Å². The normalized spacial score (nSPS) is 12.4. The Labute approximate surface area is 158 Å². The van der Waals surface area contributed by atoms with Gasteiger partial charge in [0.25, 0.3) is 0 Å². The molecule has 0 aliphatic heterocycles. The summed E-state index contributed by atoms with van der Waals surface area (Å²) >= 11 is 0. The number of benzene rings is 1. The van der Waals surface area contributed by atoms with E-state index in [4.69, 9.17) is 0 Å². The third-order valence-electron chi connectivity index (χ3n) is 3.39. The number of nitrogens with zero attached hydrogens (tertiary/aromatic N) is 3. The Morgan fingerprint density at radius 1 is 1.33 bits per heavy atom. The molecule has 0 amide bonds. The molecule has 1 atom stereocenters. The van der Waals surface area contributed by atoms with E-state index < -0.39 is 11.9 Å². The molecule has 0 aliphatic carbocycles. The quantitative estimate of drug-likeness (QED) is 0.360. The number of nitrogens with one attached hydrogen (secondary N) is 2. The minimum atomic E-state index is -0.947. The van der Waals surface area contributed by atoms with Crippen LogP contribution in [0, 0.1) is 5.82 Å². The zero-order valence-corrected chi connectivity index (χ0v) is 16.1. The van der Waals surface area contributed by atoms with Crippen molar-refractivity contribution >= 4 is 29.9 Å². The first kappa shape index (κ1) is 20.4. The summed E-state index contributed by atoms with van der Waals surface area (Å²) in [6, 6.07) is 8.09. The van der Waals surface area contributed by atoms with Gasteiger partial charge in [-0.05, 0) is 19.1 Å². The van der Waals surface area contributed by atoms with Crippen molar-refractivity contribution in [2.24, 2.45) is 12.0 Å². The smallest absolute Gasteiger partial charge is 0.191 e. The van der Waals surface area contributed by atoms with Crippen molar-refractivity contribution in [2.45, 2.75) is 19.6 Å². The Morgan fingerprint density at radius 3 is 2.71 bits per heavy atom. The molecule has 3 N–H and O–H groups in total. The fraction of sp³-hybridized carbons (Fsp3) is 0.375. The first-order valence-electron chi connectivity index (χ1n) is 7.53. The first-order valence-corrected chi connectivity index (χ1v) is 7.53. The highest BCUT2D eigenvalue weighted by molar-refractivity contribution is 14.0. The fourth-order valence-electron chi connectivity index (χ4n) is 2.11. The average molecular weight is 447 g/mol. The molecule has 132 valence electrons. The van der Waals surface area contributed by atoms with E-state index in [1.807, 2.05) is 20.0 Å². The van der Waals surface area contributed by atoms with Gasteiger partial charge in [0.2, 0.25) is 0 Å². The molecule has 6 nitrogen and oxygen atoms in total. The van der Waals surface area contributed by atoms with Crippen LogP contribution in [-0.2, 0) is 13.6 Å². The molecular weight excluding hydrogens is 424 g/mol. The molecule has 0 saturated heterocycles. The molecule has 0 radical (unpaired) electrons. The SMILES string of the molecule is CCNC(=NCc1ccnn1C)NCC(O)c1ccccc1F.I. The summed E-state index contributed by atoms with van der Waals surface area (Å²) in [5.74, 6) is 0.141. The Kier molecular flexibility index (Phi) is 8.69. The van der Waals surface area contributed by atoms with E-state index in [2.05, 4.69) is 20.7 Å². The number of aromatic nitrogens is 2. The molecule has 0 aliphatic rings. The molecule has 1 aromatic heterocycles. The van der Waals surface area contributed by atoms with Gasteiger partial charge in [-0.25, -0.2) is 9.38 Å². The van der Waals surface area contributed by atoms with E-state index in [1.165, 1.54) is 6.07 Å². The van der Waals surface area contributed by atoms with Crippen LogP contribution in [0.3, 0.4) is 0 Å². The lowest BCUT2D eigenvalue weighted by Crippen LogP contribution is -2.39. The van der Waals surface area contributed by atoms with Gasteiger partial charge >= 0.3 is 0 Å². The summed E-state index contributed by atoms with van der Waals surface area (Å²) in [4.78, 5) is 4.43. The van der Waals surface area contributed by atoms with Gasteiger partial charge in [0.1, 0.15) is 5.82 Å². The standard InChI is InChI=1S/C16H22FN5O.HI/c1-3-18-16(19-10-12-8-9-21-22(12)2)20-11-15(23)13-6-4-5-7-14(13)17;/h4-9,15,23H,3,10-11H2,1-2H3,(H2,18,19,20);1H. The molecule has 0 saturated carbocycles. The maximum atomic E-state index is 13.6. The van der Waals surface area contributed by atoms with Gasteiger partial charge in [0.15, 0.2) is 5.96 Å². The van der Waals surface area contributed by atoms with Gasteiger partial charge in [0.05, 0.1) is 18.3 Å². The molecule has 2 rings (SSSR count). The molecule has 2 aromatic rings. The maximum Gasteiger partial charge on any atom is 0.191 e. The van der Waals surface area contributed by atoms with Crippen LogP contribution in [0.5, 0.6) is 0 Å². The van der Waals surface area contributed by atoms with Crippen molar-refractivity contribution in [2.75, 3.05) is 13.1 Å². The lowest BCUT2D eigenvalue weighted by molar-refractivity contribution is 0.176. The number of hydrogen-bond acceptors (Lipinski definition) is 3. The second kappa shape index (κ2) is 10.2. The monoisotopic (exact) mass is 447 g/mol. The van der Waals surface area contributed by atoms with Gasteiger partial charge in [-0.15, -0.1) is 24.0 Å². The number of aliphatic hydroxyl groups excluding tert-OH is 1. The number of hydrogen-bond donors (Lipinski definition) is 3. The molecule has 0 fully saturated rings. The minimum Gasteiger partial charge on any atom is -0.386 e. The van der Waals surface area contributed by atoms with Crippen molar-refractivity contribution in [3.05, 3.63) is 53.6 Å². The van der Waals surface area contributed by atoms with Gasteiger partial charge in [0, 0.05) is 31.9 Å². The van der Waals surface area contributed by atoms with Crippen molar-refractivity contribution in [1.29, 1.82) is 0 Å². The number of rotatable bonds is 6. The second-order valence-electron chi connectivity index (χ2n) is 5.06. The number of aryl methyl sites for hydroxylation is 1. The fourth-order valence-corrected chi connectivity index (χ4v) is 2.11.